The molecule has 0 aromatic carbocycles. The summed E-state index contributed by atoms with van der Waals surface area (Å²) in [4.78, 5) is 3.68. The lowest BCUT2D eigenvalue weighted by Gasteiger charge is -2.39. The molecule has 19 heavy (non-hydrogen) atoms. The van der Waals surface area contributed by atoms with Gasteiger partial charge in [0, 0.05) is 24.1 Å². The van der Waals surface area contributed by atoms with Gasteiger partial charge in [0.15, 0.2) is 0 Å². The molecule has 0 saturated carbocycles. The number of nitrogens with zero attached hydrogens (tertiary/aromatic N) is 1. The zero-order valence-corrected chi connectivity index (χ0v) is 13.0. The first-order valence-electron chi connectivity index (χ1n) is 7.01. The van der Waals surface area contributed by atoms with Crippen molar-refractivity contribution in [2.45, 2.75) is 38.3 Å². The molecule has 0 bridgehead atoms. The molecule has 2 heterocycles. The average Bonchev–Trinajstić information content (AvgIpc) is 2.85. The third kappa shape index (κ3) is 3.70. The van der Waals surface area contributed by atoms with Crippen LogP contribution in [0.5, 0.6) is 0 Å². The van der Waals surface area contributed by atoms with Gasteiger partial charge in [0.25, 0.3) is 0 Å². The second kappa shape index (κ2) is 7.04. The van der Waals surface area contributed by atoms with E-state index in [9.17, 15) is 5.11 Å². The molecular formula is C14H23ClN2OS. The largest absolute Gasteiger partial charge is 0.396 e. The van der Waals surface area contributed by atoms with Crippen LogP contribution in [0, 0.1) is 5.92 Å². The molecular weight excluding hydrogens is 280 g/mol. The highest BCUT2D eigenvalue weighted by atomic mass is 35.5. The Morgan fingerprint density at radius 1 is 1.58 bits per heavy atom. The second-order valence-electron chi connectivity index (χ2n) is 5.34. The van der Waals surface area contributed by atoms with Crippen LogP contribution in [0.4, 0.5) is 0 Å². The summed E-state index contributed by atoms with van der Waals surface area (Å²) in [6.07, 6.45) is 3.20. The topological polar surface area (TPSA) is 49.5 Å². The van der Waals surface area contributed by atoms with Crippen LogP contribution in [-0.4, -0.2) is 35.7 Å². The standard InChI is InChI=1S/C14H23ClN2OS/c1-2-11(16)14(12-5-6-13(15)19-12)17-7-3-4-10(8-17)9-18/h5-6,10-11,14,18H,2-4,7-9,16H2,1H3. The van der Waals surface area contributed by atoms with Crippen molar-refractivity contribution < 1.29 is 5.11 Å². The van der Waals surface area contributed by atoms with E-state index in [1.165, 1.54) is 4.88 Å². The Morgan fingerprint density at radius 3 is 2.95 bits per heavy atom. The van der Waals surface area contributed by atoms with Gasteiger partial charge in [-0.05, 0) is 43.9 Å². The van der Waals surface area contributed by atoms with Gasteiger partial charge >= 0.3 is 0 Å². The van der Waals surface area contributed by atoms with Crippen LogP contribution in [0.15, 0.2) is 12.1 Å². The number of nitrogens with two attached hydrogens (primary N) is 1. The number of likely N-dealkylation sites (tertiary alicyclic amines) is 1. The van der Waals surface area contributed by atoms with E-state index in [1.54, 1.807) is 11.3 Å². The molecule has 0 radical (unpaired) electrons. The van der Waals surface area contributed by atoms with E-state index in [-0.39, 0.29) is 18.7 Å². The van der Waals surface area contributed by atoms with Gasteiger partial charge in [-0.25, -0.2) is 0 Å². The fourth-order valence-corrected chi connectivity index (χ4v) is 4.14. The van der Waals surface area contributed by atoms with Gasteiger partial charge in [-0.2, -0.15) is 0 Å². The molecule has 0 amide bonds. The number of hydrogen-bond donors (Lipinski definition) is 2. The van der Waals surface area contributed by atoms with Crippen molar-refractivity contribution in [1.82, 2.24) is 4.90 Å². The molecule has 1 aliphatic heterocycles. The Balaban J connectivity index is 2.17. The molecule has 1 saturated heterocycles. The Kier molecular flexibility index (Phi) is 5.66. The molecule has 1 aromatic rings. The summed E-state index contributed by atoms with van der Waals surface area (Å²) in [6.45, 7) is 4.39. The first-order chi connectivity index (χ1) is 9.15. The highest BCUT2D eigenvalue weighted by molar-refractivity contribution is 7.16. The van der Waals surface area contributed by atoms with Crippen molar-refractivity contribution in [3.8, 4) is 0 Å². The van der Waals surface area contributed by atoms with Crippen molar-refractivity contribution >= 4 is 22.9 Å². The van der Waals surface area contributed by atoms with Crippen molar-refractivity contribution in [3.63, 3.8) is 0 Å². The minimum atomic E-state index is 0.118. The minimum absolute atomic E-state index is 0.118. The predicted octanol–water partition coefficient (Wildman–Crippen LogP) is 2.88. The SMILES string of the molecule is CCC(N)C(c1ccc(Cl)s1)N1CCCC(CO)C1. The minimum Gasteiger partial charge on any atom is -0.396 e. The number of thiophene rings is 1. The van der Waals surface area contributed by atoms with Crippen molar-refractivity contribution in [3.05, 3.63) is 21.3 Å². The Labute approximate surface area is 124 Å². The fourth-order valence-electron chi connectivity index (χ4n) is 2.87. The molecule has 3 nitrogen and oxygen atoms in total. The summed E-state index contributed by atoms with van der Waals surface area (Å²) in [5.74, 6) is 0.385. The van der Waals surface area contributed by atoms with E-state index in [0.717, 1.165) is 36.7 Å². The highest BCUT2D eigenvalue weighted by Gasteiger charge is 2.30. The molecule has 3 atom stereocenters. The van der Waals surface area contributed by atoms with Gasteiger partial charge in [-0.1, -0.05) is 18.5 Å². The lowest BCUT2D eigenvalue weighted by atomic mass is 9.94. The average molecular weight is 303 g/mol. The Hall–Kier alpha value is -0.130. The number of aliphatic hydroxyl groups is 1. The van der Waals surface area contributed by atoms with E-state index < -0.39 is 0 Å². The molecule has 3 unspecified atom stereocenters. The maximum absolute atomic E-state index is 9.38. The third-order valence-corrected chi connectivity index (χ3v) is 5.27. The molecule has 1 aromatic heterocycles. The number of aliphatic hydroxyl groups excluding tert-OH is 1. The number of piperidine rings is 1. The Bertz CT molecular complexity index is 399. The summed E-state index contributed by atoms with van der Waals surface area (Å²) < 4.78 is 0.819. The van der Waals surface area contributed by atoms with Crippen molar-refractivity contribution in [1.29, 1.82) is 0 Å². The maximum Gasteiger partial charge on any atom is 0.0931 e. The van der Waals surface area contributed by atoms with Gasteiger partial charge in [0.2, 0.25) is 0 Å². The van der Waals surface area contributed by atoms with Gasteiger partial charge in [-0.15, -0.1) is 11.3 Å². The number of halogens is 1. The van der Waals surface area contributed by atoms with Crippen LogP contribution in [0.3, 0.4) is 0 Å². The monoisotopic (exact) mass is 302 g/mol. The lowest BCUT2D eigenvalue weighted by molar-refractivity contribution is 0.0777. The quantitative estimate of drug-likeness (QED) is 0.879. The predicted molar refractivity (Wildman–Crippen MR) is 81.7 cm³/mol. The molecule has 2 rings (SSSR count). The second-order valence-corrected chi connectivity index (χ2v) is 7.09. The van der Waals surface area contributed by atoms with Crippen molar-refractivity contribution in [2.75, 3.05) is 19.7 Å². The number of hydrogen-bond acceptors (Lipinski definition) is 4. The van der Waals surface area contributed by atoms with Crippen molar-refractivity contribution in [2.24, 2.45) is 11.7 Å². The third-order valence-electron chi connectivity index (χ3n) is 3.96. The van der Waals surface area contributed by atoms with E-state index in [4.69, 9.17) is 17.3 Å². The lowest BCUT2D eigenvalue weighted by Crippen LogP contribution is -2.45. The zero-order chi connectivity index (χ0) is 13.8. The van der Waals surface area contributed by atoms with Gasteiger partial charge < -0.3 is 10.8 Å². The van der Waals surface area contributed by atoms with E-state index in [0.29, 0.717) is 5.92 Å². The normalized spacial score (nSPS) is 24.3. The van der Waals surface area contributed by atoms with Gasteiger partial charge in [0.1, 0.15) is 0 Å². The van der Waals surface area contributed by atoms with E-state index in [2.05, 4.69) is 17.9 Å². The molecule has 0 aliphatic carbocycles. The molecule has 5 heteroatoms. The molecule has 108 valence electrons. The first kappa shape index (κ1) is 15.3. The fraction of sp³-hybridized carbons (Fsp3) is 0.714. The maximum atomic E-state index is 9.38. The van der Waals surface area contributed by atoms with Crippen LogP contribution in [0.1, 0.15) is 37.1 Å². The summed E-state index contributed by atoms with van der Waals surface area (Å²) in [7, 11) is 0. The summed E-state index contributed by atoms with van der Waals surface area (Å²) >= 11 is 7.69. The highest BCUT2D eigenvalue weighted by Crippen LogP contribution is 2.35. The smallest absolute Gasteiger partial charge is 0.0931 e. The molecule has 0 spiro atoms. The van der Waals surface area contributed by atoms with Gasteiger partial charge in [0.05, 0.1) is 10.4 Å². The van der Waals surface area contributed by atoms with Crippen LogP contribution in [0.25, 0.3) is 0 Å². The van der Waals surface area contributed by atoms with E-state index >= 15 is 0 Å². The zero-order valence-electron chi connectivity index (χ0n) is 11.4. The summed E-state index contributed by atoms with van der Waals surface area (Å²) in [5, 5.41) is 9.38. The van der Waals surface area contributed by atoms with Crippen LogP contribution in [-0.2, 0) is 0 Å². The summed E-state index contributed by atoms with van der Waals surface area (Å²) in [6, 6.07) is 4.39. The van der Waals surface area contributed by atoms with Gasteiger partial charge in [-0.3, -0.25) is 4.90 Å². The van der Waals surface area contributed by atoms with Crippen LogP contribution < -0.4 is 5.73 Å². The molecule has 3 N–H and O–H groups in total. The molecule has 1 aliphatic rings. The van der Waals surface area contributed by atoms with E-state index in [1.807, 2.05) is 6.07 Å². The Morgan fingerprint density at radius 2 is 2.37 bits per heavy atom. The first-order valence-corrected chi connectivity index (χ1v) is 8.20. The molecule has 1 fully saturated rings. The van der Waals surface area contributed by atoms with Crippen LogP contribution in [0.2, 0.25) is 4.34 Å². The number of rotatable bonds is 5. The van der Waals surface area contributed by atoms with Crippen LogP contribution >= 0.6 is 22.9 Å². The summed E-state index contributed by atoms with van der Waals surface area (Å²) in [5.41, 5.74) is 6.34.